The Morgan fingerprint density at radius 1 is 1.53 bits per heavy atom. The number of amides is 1. The zero-order chi connectivity index (χ0) is 12.3. The number of piperidine rings is 1. The Hall–Kier alpha value is -1.55. The SMILES string of the molecule is Cc1c(O)cccc1C(=O)N[C@H]1CCCNC1. The van der Waals surface area contributed by atoms with Crippen LogP contribution in [0.4, 0.5) is 0 Å². The smallest absolute Gasteiger partial charge is 0.251 e. The second-order valence-corrected chi connectivity index (χ2v) is 4.47. The molecule has 4 nitrogen and oxygen atoms in total. The van der Waals surface area contributed by atoms with Crippen molar-refractivity contribution in [3.63, 3.8) is 0 Å². The molecule has 1 heterocycles. The molecule has 17 heavy (non-hydrogen) atoms. The van der Waals surface area contributed by atoms with Crippen molar-refractivity contribution < 1.29 is 9.90 Å². The lowest BCUT2D eigenvalue weighted by Gasteiger charge is -2.24. The van der Waals surface area contributed by atoms with E-state index in [1.807, 2.05) is 0 Å². The molecule has 0 radical (unpaired) electrons. The molecule has 0 aliphatic carbocycles. The fourth-order valence-electron chi connectivity index (χ4n) is 2.11. The van der Waals surface area contributed by atoms with E-state index in [0.29, 0.717) is 11.1 Å². The number of aromatic hydroxyl groups is 1. The third-order valence-electron chi connectivity index (χ3n) is 3.18. The Morgan fingerprint density at radius 3 is 3.06 bits per heavy atom. The molecule has 3 N–H and O–H groups in total. The molecule has 92 valence electrons. The first-order valence-corrected chi connectivity index (χ1v) is 5.98. The summed E-state index contributed by atoms with van der Waals surface area (Å²) in [7, 11) is 0. The first-order valence-electron chi connectivity index (χ1n) is 5.98. The van der Waals surface area contributed by atoms with E-state index in [0.717, 1.165) is 25.9 Å². The number of nitrogens with one attached hydrogen (secondary N) is 2. The molecule has 1 aromatic rings. The molecule has 1 aliphatic heterocycles. The summed E-state index contributed by atoms with van der Waals surface area (Å²) in [5.41, 5.74) is 1.18. The molecule has 1 fully saturated rings. The predicted molar refractivity (Wildman–Crippen MR) is 66.2 cm³/mol. The number of hydrogen-bond acceptors (Lipinski definition) is 3. The van der Waals surface area contributed by atoms with E-state index >= 15 is 0 Å². The average molecular weight is 234 g/mol. The molecular weight excluding hydrogens is 216 g/mol. The first kappa shape index (κ1) is 11.9. The van der Waals surface area contributed by atoms with Gasteiger partial charge in [-0.25, -0.2) is 0 Å². The summed E-state index contributed by atoms with van der Waals surface area (Å²) in [4.78, 5) is 12.0. The molecule has 4 heteroatoms. The van der Waals surface area contributed by atoms with Crippen molar-refractivity contribution in [2.75, 3.05) is 13.1 Å². The maximum absolute atomic E-state index is 12.0. The fourth-order valence-corrected chi connectivity index (χ4v) is 2.11. The van der Waals surface area contributed by atoms with Crippen LogP contribution in [0.15, 0.2) is 18.2 Å². The van der Waals surface area contributed by atoms with E-state index in [-0.39, 0.29) is 17.7 Å². The number of phenolic OH excluding ortho intramolecular Hbond substituents is 1. The van der Waals surface area contributed by atoms with Gasteiger partial charge in [-0.1, -0.05) is 6.07 Å². The highest BCUT2D eigenvalue weighted by Crippen LogP contribution is 2.19. The van der Waals surface area contributed by atoms with Gasteiger partial charge in [-0.15, -0.1) is 0 Å². The van der Waals surface area contributed by atoms with Crippen molar-refractivity contribution in [1.82, 2.24) is 10.6 Å². The van der Waals surface area contributed by atoms with Gasteiger partial charge in [0.05, 0.1) is 0 Å². The fraction of sp³-hybridized carbons (Fsp3) is 0.462. The van der Waals surface area contributed by atoms with Gasteiger partial charge in [0.1, 0.15) is 5.75 Å². The number of benzene rings is 1. The Labute approximate surface area is 101 Å². The molecule has 0 unspecified atom stereocenters. The summed E-state index contributed by atoms with van der Waals surface area (Å²) in [5, 5.41) is 15.8. The highest BCUT2D eigenvalue weighted by atomic mass is 16.3. The van der Waals surface area contributed by atoms with Crippen LogP contribution in [0.25, 0.3) is 0 Å². The van der Waals surface area contributed by atoms with Gasteiger partial charge >= 0.3 is 0 Å². The predicted octanol–water partition coefficient (Wildman–Crippen LogP) is 1.18. The third kappa shape index (κ3) is 2.77. The molecule has 0 aromatic heterocycles. The molecule has 1 amide bonds. The van der Waals surface area contributed by atoms with Crippen molar-refractivity contribution in [3.05, 3.63) is 29.3 Å². The molecule has 0 saturated carbocycles. The lowest BCUT2D eigenvalue weighted by Crippen LogP contribution is -2.45. The number of carbonyl (C=O) groups is 1. The molecule has 2 rings (SSSR count). The standard InChI is InChI=1S/C13H18N2O2/c1-9-11(5-2-6-12(9)16)13(17)15-10-4-3-7-14-8-10/h2,5-6,10,14,16H,3-4,7-8H2,1H3,(H,15,17)/t10-/m0/s1. The summed E-state index contributed by atoms with van der Waals surface area (Å²) < 4.78 is 0. The maximum Gasteiger partial charge on any atom is 0.251 e. The van der Waals surface area contributed by atoms with Crippen molar-refractivity contribution >= 4 is 5.91 Å². The lowest BCUT2D eigenvalue weighted by atomic mass is 10.0. The van der Waals surface area contributed by atoms with Crippen molar-refractivity contribution in [3.8, 4) is 5.75 Å². The van der Waals surface area contributed by atoms with Gasteiger partial charge in [0.15, 0.2) is 0 Å². The Morgan fingerprint density at radius 2 is 2.35 bits per heavy atom. The van der Waals surface area contributed by atoms with Gasteiger partial charge in [-0.2, -0.15) is 0 Å². The van der Waals surface area contributed by atoms with E-state index < -0.39 is 0 Å². The van der Waals surface area contributed by atoms with E-state index in [4.69, 9.17) is 0 Å². The van der Waals surface area contributed by atoms with E-state index in [9.17, 15) is 9.90 Å². The van der Waals surface area contributed by atoms with Crippen molar-refractivity contribution in [2.24, 2.45) is 0 Å². The van der Waals surface area contributed by atoms with E-state index in [2.05, 4.69) is 10.6 Å². The van der Waals surface area contributed by atoms with Crippen LogP contribution in [-0.2, 0) is 0 Å². The Kier molecular flexibility index (Phi) is 3.64. The summed E-state index contributed by atoms with van der Waals surface area (Å²) in [6.07, 6.45) is 2.10. The minimum atomic E-state index is -0.105. The van der Waals surface area contributed by atoms with Crippen LogP contribution in [-0.4, -0.2) is 30.1 Å². The quantitative estimate of drug-likeness (QED) is 0.720. The van der Waals surface area contributed by atoms with Gasteiger partial charge in [0, 0.05) is 23.7 Å². The second kappa shape index (κ2) is 5.19. The molecule has 1 saturated heterocycles. The van der Waals surface area contributed by atoms with Crippen LogP contribution in [0.2, 0.25) is 0 Å². The van der Waals surface area contributed by atoms with Crippen LogP contribution >= 0.6 is 0 Å². The summed E-state index contributed by atoms with van der Waals surface area (Å²) >= 11 is 0. The van der Waals surface area contributed by atoms with Crippen molar-refractivity contribution in [2.45, 2.75) is 25.8 Å². The molecular formula is C13H18N2O2. The molecule has 1 aromatic carbocycles. The minimum Gasteiger partial charge on any atom is -0.508 e. The van der Waals surface area contributed by atoms with Crippen molar-refractivity contribution in [1.29, 1.82) is 0 Å². The summed E-state index contributed by atoms with van der Waals surface area (Å²) in [5.74, 6) is 0.0616. The molecule has 1 aliphatic rings. The number of rotatable bonds is 2. The van der Waals surface area contributed by atoms with Crippen LogP contribution in [0, 0.1) is 6.92 Å². The minimum absolute atomic E-state index is 0.105. The second-order valence-electron chi connectivity index (χ2n) is 4.47. The highest BCUT2D eigenvalue weighted by molar-refractivity contribution is 5.96. The van der Waals surface area contributed by atoms with Gasteiger partial charge in [-0.3, -0.25) is 4.79 Å². The number of hydrogen-bond donors (Lipinski definition) is 3. The van der Waals surface area contributed by atoms with Crippen LogP contribution < -0.4 is 10.6 Å². The summed E-state index contributed by atoms with van der Waals surface area (Å²) in [6, 6.07) is 5.21. The monoisotopic (exact) mass is 234 g/mol. The lowest BCUT2D eigenvalue weighted by molar-refractivity contribution is 0.0929. The number of carbonyl (C=O) groups excluding carboxylic acids is 1. The largest absolute Gasteiger partial charge is 0.508 e. The Balaban J connectivity index is 2.06. The first-order chi connectivity index (χ1) is 8.18. The zero-order valence-electron chi connectivity index (χ0n) is 9.99. The molecule has 0 spiro atoms. The Bertz CT molecular complexity index is 412. The van der Waals surface area contributed by atoms with Crippen LogP contribution in [0.1, 0.15) is 28.8 Å². The topological polar surface area (TPSA) is 61.4 Å². The van der Waals surface area contributed by atoms with E-state index in [1.165, 1.54) is 0 Å². The van der Waals surface area contributed by atoms with Gasteiger partial charge in [0.25, 0.3) is 5.91 Å². The molecule has 0 bridgehead atoms. The molecule has 1 atom stereocenters. The third-order valence-corrected chi connectivity index (χ3v) is 3.18. The van der Waals surface area contributed by atoms with Gasteiger partial charge in [-0.05, 0) is 38.4 Å². The number of phenols is 1. The maximum atomic E-state index is 12.0. The van der Waals surface area contributed by atoms with E-state index in [1.54, 1.807) is 25.1 Å². The highest BCUT2D eigenvalue weighted by Gasteiger charge is 2.18. The zero-order valence-corrected chi connectivity index (χ0v) is 9.99. The van der Waals surface area contributed by atoms with Crippen LogP contribution in [0.5, 0.6) is 5.75 Å². The van der Waals surface area contributed by atoms with Gasteiger partial charge < -0.3 is 15.7 Å². The normalized spacial score (nSPS) is 19.9. The summed E-state index contributed by atoms with van der Waals surface area (Å²) in [6.45, 7) is 3.60. The van der Waals surface area contributed by atoms with Crippen LogP contribution in [0.3, 0.4) is 0 Å². The van der Waals surface area contributed by atoms with Gasteiger partial charge in [0.2, 0.25) is 0 Å². The average Bonchev–Trinajstić information content (AvgIpc) is 2.34.